The number of carbonyl (C=O) groups excluding carboxylic acids is 3. The van der Waals surface area contributed by atoms with Gasteiger partial charge in [0, 0.05) is 41.8 Å². The van der Waals surface area contributed by atoms with Crippen LogP contribution >= 0.6 is 22.9 Å². The van der Waals surface area contributed by atoms with Gasteiger partial charge in [-0.1, -0.05) is 23.7 Å². The molecule has 10 nitrogen and oxygen atoms in total. The van der Waals surface area contributed by atoms with Crippen LogP contribution in [0.2, 0.25) is 5.02 Å². The van der Waals surface area contributed by atoms with Crippen molar-refractivity contribution < 1.29 is 32.3 Å². The van der Waals surface area contributed by atoms with Gasteiger partial charge in [0.1, 0.15) is 10.6 Å². The lowest BCUT2D eigenvalue weighted by atomic mass is 9.97. The van der Waals surface area contributed by atoms with Crippen molar-refractivity contribution in [1.82, 2.24) is 14.8 Å². The van der Waals surface area contributed by atoms with Crippen LogP contribution in [0.3, 0.4) is 0 Å². The van der Waals surface area contributed by atoms with Gasteiger partial charge in [-0.05, 0) is 29.7 Å². The summed E-state index contributed by atoms with van der Waals surface area (Å²) in [5, 5.41) is 1.07. The van der Waals surface area contributed by atoms with Crippen molar-refractivity contribution in [1.29, 1.82) is 0 Å². The van der Waals surface area contributed by atoms with E-state index >= 15 is 0 Å². The molecule has 0 unspecified atom stereocenters. The number of nitrogens with zero attached hydrogens (tertiary/aromatic N) is 3. The van der Waals surface area contributed by atoms with Gasteiger partial charge in [-0.25, -0.2) is 18.2 Å². The van der Waals surface area contributed by atoms with Gasteiger partial charge >= 0.3 is 6.09 Å². The number of hydrogen-bond acceptors (Lipinski definition) is 9. The molecule has 1 aromatic carbocycles. The molecule has 3 aromatic rings. The van der Waals surface area contributed by atoms with E-state index in [9.17, 15) is 22.8 Å². The van der Waals surface area contributed by atoms with E-state index in [4.69, 9.17) is 26.1 Å². The van der Waals surface area contributed by atoms with E-state index in [0.29, 0.717) is 65.1 Å². The van der Waals surface area contributed by atoms with Crippen LogP contribution in [-0.4, -0.2) is 73.2 Å². The number of halogens is 1. The molecule has 0 N–H and O–H groups in total. The molecular weight excluding hydrogens is 566 g/mol. The highest BCUT2D eigenvalue weighted by molar-refractivity contribution is 7.90. The van der Waals surface area contributed by atoms with Gasteiger partial charge in [-0.2, -0.15) is 0 Å². The Morgan fingerprint density at radius 3 is 2.46 bits per heavy atom. The minimum absolute atomic E-state index is 0.0395. The maximum absolute atomic E-state index is 12.5. The van der Waals surface area contributed by atoms with Gasteiger partial charge < -0.3 is 14.4 Å². The number of morpholine rings is 1. The molecule has 2 aromatic heterocycles. The van der Waals surface area contributed by atoms with Crippen LogP contribution in [0.25, 0.3) is 21.3 Å². The topological polar surface area (TPSA) is 123 Å². The lowest BCUT2D eigenvalue weighted by Gasteiger charge is -2.25. The van der Waals surface area contributed by atoms with Crippen LogP contribution in [0.1, 0.15) is 29.0 Å². The number of hydrogen-bond donors (Lipinski definition) is 0. The van der Waals surface area contributed by atoms with Gasteiger partial charge in [0.25, 0.3) is 0 Å². The number of sulfone groups is 1. The van der Waals surface area contributed by atoms with Crippen molar-refractivity contribution in [3.8, 4) is 16.9 Å². The van der Waals surface area contributed by atoms with E-state index in [-0.39, 0.29) is 42.7 Å². The van der Waals surface area contributed by atoms with Crippen LogP contribution in [-0.2, 0) is 42.9 Å². The third kappa shape index (κ3) is 5.02. The Kier molecular flexibility index (Phi) is 6.82. The summed E-state index contributed by atoms with van der Waals surface area (Å²) in [6, 6.07) is 6.91. The SMILES string of the molecule is O=C(Oc1ccc(-c2c(Cl)c(CN3C(=O)CCC3=O)nc3sc4c(c23)CCS(=O)(=O)C4)cc1)N1CCOCC1. The first-order valence-corrected chi connectivity index (χ1v) is 15.5. The first-order chi connectivity index (χ1) is 18.7. The number of ether oxygens (including phenoxy) is 2. The Morgan fingerprint density at radius 2 is 1.77 bits per heavy atom. The van der Waals surface area contributed by atoms with Crippen LogP contribution in [0.4, 0.5) is 4.79 Å². The summed E-state index contributed by atoms with van der Waals surface area (Å²) < 4.78 is 35.5. The molecule has 3 aliphatic heterocycles. The summed E-state index contributed by atoms with van der Waals surface area (Å²) in [4.78, 5) is 45.9. The zero-order valence-corrected chi connectivity index (χ0v) is 23.2. The predicted molar refractivity (Wildman–Crippen MR) is 144 cm³/mol. The van der Waals surface area contributed by atoms with Crippen LogP contribution < -0.4 is 4.74 Å². The van der Waals surface area contributed by atoms with Crippen LogP contribution in [0.15, 0.2) is 24.3 Å². The van der Waals surface area contributed by atoms with Crippen molar-refractivity contribution in [2.24, 2.45) is 0 Å². The van der Waals surface area contributed by atoms with Crippen LogP contribution in [0, 0.1) is 0 Å². The maximum Gasteiger partial charge on any atom is 0.415 e. The van der Waals surface area contributed by atoms with Crippen molar-refractivity contribution in [2.45, 2.75) is 31.6 Å². The maximum atomic E-state index is 12.5. The van der Waals surface area contributed by atoms with Gasteiger partial charge in [-0.15, -0.1) is 11.3 Å². The van der Waals surface area contributed by atoms with E-state index in [2.05, 4.69) is 0 Å². The first-order valence-electron chi connectivity index (χ1n) is 12.5. The van der Waals surface area contributed by atoms with Crippen molar-refractivity contribution in [2.75, 3.05) is 32.1 Å². The first kappa shape index (κ1) is 26.2. The highest BCUT2D eigenvalue weighted by Gasteiger charge is 2.33. The number of rotatable bonds is 4. The quantitative estimate of drug-likeness (QED) is 0.423. The molecule has 3 amide bonds. The Bertz CT molecular complexity index is 1600. The Morgan fingerprint density at radius 1 is 1.08 bits per heavy atom. The van der Waals surface area contributed by atoms with Gasteiger partial charge in [0.05, 0.1) is 42.0 Å². The predicted octanol–water partition coefficient (Wildman–Crippen LogP) is 3.57. The number of thiophene rings is 1. The number of imide groups is 1. The van der Waals surface area contributed by atoms with Crippen LogP contribution in [0.5, 0.6) is 5.75 Å². The molecule has 0 aliphatic carbocycles. The molecule has 5 heterocycles. The molecule has 0 spiro atoms. The molecule has 6 rings (SSSR count). The number of aromatic nitrogens is 1. The largest absolute Gasteiger partial charge is 0.415 e. The monoisotopic (exact) mass is 589 g/mol. The Labute approximate surface area is 233 Å². The average Bonchev–Trinajstić information content (AvgIpc) is 3.43. The van der Waals surface area contributed by atoms with Gasteiger partial charge in [0.2, 0.25) is 11.8 Å². The second-order valence-electron chi connectivity index (χ2n) is 9.64. The standard InChI is InChI=1S/C26H24ClN3O7S2/c27-24-18(13-30-20(31)5-6-21(30)32)28-25-23(17-7-12-39(34,35)14-19(17)38-25)22(24)15-1-3-16(4-2-15)37-26(33)29-8-10-36-11-9-29/h1-4H,5-14H2. The number of pyridine rings is 1. The van der Waals surface area contributed by atoms with E-state index in [1.165, 1.54) is 11.3 Å². The van der Waals surface area contributed by atoms with E-state index in [0.717, 1.165) is 20.7 Å². The molecule has 0 radical (unpaired) electrons. The minimum atomic E-state index is -3.21. The molecule has 39 heavy (non-hydrogen) atoms. The normalized spacial score (nSPS) is 19.0. The number of benzene rings is 1. The molecule has 0 saturated carbocycles. The summed E-state index contributed by atoms with van der Waals surface area (Å²) in [5.41, 5.74) is 2.63. The fourth-order valence-corrected chi connectivity index (χ4v) is 8.45. The summed E-state index contributed by atoms with van der Waals surface area (Å²) in [6.07, 6.45) is 0.203. The molecule has 2 saturated heterocycles. The lowest BCUT2D eigenvalue weighted by Crippen LogP contribution is -2.42. The molecule has 13 heteroatoms. The highest BCUT2D eigenvalue weighted by Crippen LogP contribution is 2.45. The third-order valence-corrected chi connectivity index (χ3v) is 10.4. The number of amides is 3. The lowest BCUT2D eigenvalue weighted by molar-refractivity contribution is -0.139. The molecule has 2 fully saturated rings. The van der Waals surface area contributed by atoms with Crippen molar-refractivity contribution in [3.05, 3.63) is 45.4 Å². The summed E-state index contributed by atoms with van der Waals surface area (Å²) in [5.74, 6) is -0.207. The third-order valence-electron chi connectivity index (χ3n) is 7.13. The molecule has 0 bridgehead atoms. The highest BCUT2D eigenvalue weighted by atomic mass is 35.5. The molecule has 0 atom stereocenters. The van der Waals surface area contributed by atoms with E-state index in [1.807, 2.05) is 0 Å². The number of aryl methyl sites for hydroxylation is 1. The number of likely N-dealkylation sites (tertiary alicyclic amines) is 1. The van der Waals surface area contributed by atoms with E-state index in [1.54, 1.807) is 29.2 Å². The number of fused-ring (bicyclic) bond motifs is 3. The molecule has 3 aliphatic rings. The van der Waals surface area contributed by atoms with Crippen molar-refractivity contribution in [3.63, 3.8) is 0 Å². The Hall–Kier alpha value is -3.06. The summed E-state index contributed by atoms with van der Waals surface area (Å²) in [7, 11) is -3.21. The Balaban J connectivity index is 1.41. The summed E-state index contributed by atoms with van der Waals surface area (Å²) in [6.45, 7) is 1.80. The molecular formula is C26H24ClN3O7S2. The second-order valence-corrected chi connectivity index (χ2v) is 13.3. The van der Waals surface area contributed by atoms with Gasteiger partial charge in [-0.3, -0.25) is 14.5 Å². The van der Waals surface area contributed by atoms with E-state index < -0.39 is 15.9 Å². The van der Waals surface area contributed by atoms with Crippen molar-refractivity contribution >= 4 is 60.9 Å². The molecule has 204 valence electrons. The zero-order chi connectivity index (χ0) is 27.3. The second kappa shape index (κ2) is 10.2. The fraction of sp³-hybridized carbons (Fsp3) is 0.385. The average molecular weight is 590 g/mol. The number of carbonyl (C=O) groups is 3. The smallest absolute Gasteiger partial charge is 0.410 e. The summed E-state index contributed by atoms with van der Waals surface area (Å²) >= 11 is 8.25. The fourth-order valence-electron chi connectivity index (χ4n) is 5.10. The zero-order valence-electron chi connectivity index (χ0n) is 20.8. The minimum Gasteiger partial charge on any atom is -0.410 e. The van der Waals surface area contributed by atoms with Gasteiger partial charge in [0.15, 0.2) is 9.84 Å².